The second kappa shape index (κ2) is 3.95. The highest BCUT2D eigenvalue weighted by Crippen LogP contribution is 2.22. The van der Waals surface area contributed by atoms with Gasteiger partial charge in [-0.1, -0.05) is 11.6 Å². The molecule has 2 nitrogen and oxygen atoms in total. The van der Waals surface area contributed by atoms with Crippen molar-refractivity contribution >= 4 is 11.6 Å². The van der Waals surface area contributed by atoms with E-state index >= 15 is 0 Å². The number of aromatic nitrogens is 2. The summed E-state index contributed by atoms with van der Waals surface area (Å²) in [7, 11) is 0. The van der Waals surface area contributed by atoms with Crippen LogP contribution >= 0.6 is 11.6 Å². The van der Waals surface area contributed by atoms with Crippen LogP contribution in [0.25, 0.3) is 11.4 Å². The van der Waals surface area contributed by atoms with E-state index in [9.17, 15) is 4.39 Å². The van der Waals surface area contributed by atoms with Crippen LogP contribution in [0.5, 0.6) is 0 Å². The highest BCUT2D eigenvalue weighted by molar-refractivity contribution is 6.30. The fraction of sp³-hybridized carbons (Fsp3) is 0.0909. The predicted molar refractivity (Wildman–Crippen MR) is 57.2 cm³/mol. The molecule has 0 aliphatic carbocycles. The summed E-state index contributed by atoms with van der Waals surface area (Å²) in [4.78, 5) is 8.14. The summed E-state index contributed by atoms with van der Waals surface area (Å²) in [5.74, 6) is -0.0139. The van der Waals surface area contributed by atoms with Crippen molar-refractivity contribution in [2.75, 3.05) is 0 Å². The maximum absolute atomic E-state index is 13.4. The lowest BCUT2D eigenvalue weighted by molar-refractivity contribution is 0.630. The third-order valence-corrected chi connectivity index (χ3v) is 2.20. The topological polar surface area (TPSA) is 25.8 Å². The molecule has 1 aromatic heterocycles. The molecule has 0 spiro atoms. The van der Waals surface area contributed by atoms with Gasteiger partial charge in [-0.05, 0) is 31.2 Å². The first-order valence-electron chi connectivity index (χ1n) is 4.42. The van der Waals surface area contributed by atoms with Crippen molar-refractivity contribution < 1.29 is 4.39 Å². The lowest BCUT2D eigenvalue weighted by atomic mass is 10.2. The predicted octanol–water partition coefficient (Wildman–Crippen LogP) is 3.24. The van der Waals surface area contributed by atoms with Gasteiger partial charge in [-0.25, -0.2) is 14.4 Å². The molecule has 0 radical (unpaired) electrons. The van der Waals surface area contributed by atoms with Crippen LogP contribution in [0, 0.1) is 12.7 Å². The number of hydrogen-bond donors (Lipinski definition) is 0. The Morgan fingerprint density at radius 1 is 1.27 bits per heavy atom. The van der Waals surface area contributed by atoms with E-state index in [0.29, 0.717) is 16.4 Å². The van der Waals surface area contributed by atoms with Crippen molar-refractivity contribution in [3.05, 3.63) is 47.0 Å². The third-order valence-electron chi connectivity index (χ3n) is 1.96. The van der Waals surface area contributed by atoms with Gasteiger partial charge in [-0.2, -0.15) is 0 Å². The van der Waals surface area contributed by atoms with Gasteiger partial charge in [0.15, 0.2) is 5.82 Å². The molecule has 76 valence electrons. The Labute approximate surface area is 91.8 Å². The van der Waals surface area contributed by atoms with Crippen LogP contribution in [0.3, 0.4) is 0 Å². The number of aryl methyl sites for hydroxylation is 1. The third kappa shape index (κ3) is 2.13. The molecular weight excluding hydrogens is 215 g/mol. The smallest absolute Gasteiger partial charge is 0.162 e. The molecule has 0 aliphatic heterocycles. The van der Waals surface area contributed by atoms with Crippen molar-refractivity contribution in [3.8, 4) is 11.4 Å². The molecule has 1 heterocycles. The van der Waals surface area contributed by atoms with E-state index in [-0.39, 0.29) is 5.82 Å². The summed E-state index contributed by atoms with van der Waals surface area (Å²) < 4.78 is 13.4. The standard InChI is InChI=1S/C11H8ClFN2/c1-7-4-5-14-11(15-7)9-6-8(12)2-3-10(9)13/h2-6H,1H3. The lowest BCUT2D eigenvalue weighted by Crippen LogP contribution is -1.93. The van der Waals surface area contributed by atoms with Gasteiger partial charge in [0, 0.05) is 16.9 Å². The second-order valence-corrected chi connectivity index (χ2v) is 3.58. The Morgan fingerprint density at radius 2 is 2.07 bits per heavy atom. The summed E-state index contributed by atoms with van der Waals surface area (Å²) >= 11 is 5.78. The van der Waals surface area contributed by atoms with E-state index in [1.165, 1.54) is 18.2 Å². The highest BCUT2D eigenvalue weighted by atomic mass is 35.5. The van der Waals surface area contributed by atoms with Crippen molar-refractivity contribution in [3.63, 3.8) is 0 Å². The Bertz CT molecular complexity index is 500. The monoisotopic (exact) mass is 222 g/mol. The Hall–Kier alpha value is -1.48. The van der Waals surface area contributed by atoms with E-state index in [0.717, 1.165) is 5.69 Å². The average Bonchev–Trinajstić information content (AvgIpc) is 2.22. The van der Waals surface area contributed by atoms with E-state index in [1.54, 1.807) is 12.3 Å². The maximum Gasteiger partial charge on any atom is 0.162 e. The molecule has 0 saturated carbocycles. The summed E-state index contributed by atoms with van der Waals surface area (Å²) in [6.45, 7) is 1.83. The first kappa shape index (κ1) is 10.1. The molecule has 0 N–H and O–H groups in total. The quantitative estimate of drug-likeness (QED) is 0.740. The number of benzene rings is 1. The number of halogens is 2. The Kier molecular flexibility index (Phi) is 2.64. The zero-order valence-corrected chi connectivity index (χ0v) is 8.79. The maximum atomic E-state index is 13.4. The fourth-order valence-electron chi connectivity index (χ4n) is 1.25. The van der Waals surface area contributed by atoms with Crippen molar-refractivity contribution in [1.82, 2.24) is 9.97 Å². The zero-order valence-electron chi connectivity index (χ0n) is 8.04. The Morgan fingerprint density at radius 3 is 2.80 bits per heavy atom. The molecule has 2 rings (SSSR count). The van der Waals surface area contributed by atoms with E-state index in [4.69, 9.17) is 11.6 Å². The normalized spacial score (nSPS) is 10.3. The van der Waals surface area contributed by atoms with Crippen molar-refractivity contribution in [2.45, 2.75) is 6.92 Å². The van der Waals surface area contributed by atoms with Crippen LogP contribution in [0.15, 0.2) is 30.5 Å². The van der Waals surface area contributed by atoms with Gasteiger partial charge < -0.3 is 0 Å². The Balaban J connectivity index is 2.58. The molecule has 2 aromatic rings. The first-order valence-corrected chi connectivity index (χ1v) is 4.79. The lowest BCUT2D eigenvalue weighted by Gasteiger charge is -2.02. The minimum absolute atomic E-state index is 0.325. The molecule has 4 heteroatoms. The van der Waals surface area contributed by atoms with Gasteiger partial charge in [0.25, 0.3) is 0 Å². The molecular formula is C11H8ClFN2. The van der Waals surface area contributed by atoms with Gasteiger partial charge >= 0.3 is 0 Å². The molecule has 0 aliphatic rings. The summed E-state index contributed by atoms with van der Waals surface area (Å²) in [6, 6.07) is 6.08. The van der Waals surface area contributed by atoms with Gasteiger partial charge in [-0.3, -0.25) is 0 Å². The second-order valence-electron chi connectivity index (χ2n) is 3.15. The van der Waals surface area contributed by atoms with Crippen molar-refractivity contribution in [1.29, 1.82) is 0 Å². The minimum Gasteiger partial charge on any atom is -0.236 e. The molecule has 0 bridgehead atoms. The number of rotatable bonds is 1. The van der Waals surface area contributed by atoms with Crippen LogP contribution in [-0.2, 0) is 0 Å². The molecule has 0 amide bonds. The van der Waals surface area contributed by atoms with Gasteiger partial charge in [0.2, 0.25) is 0 Å². The zero-order chi connectivity index (χ0) is 10.8. The van der Waals surface area contributed by atoms with Crippen LogP contribution in [-0.4, -0.2) is 9.97 Å². The molecule has 0 atom stereocenters. The molecule has 0 fully saturated rings. The van der Waals surface area contributed by atoms with Gasteiger partial charge in [0.05, 0.1) is 5.56 Å². The first-order chi connectivity index (χ1) is 7.16. The van der Waals surface area contributed by atoms with Crippen LogP contribution in [0.4, 0.5) is 4.39 Å². The molecule has 1 aromatic carbocycles. The number of hydrogen-bond acceptors (Lipinski definition) is 2. The average molecular weight is 223 g/mol. The summed E-state index contributed by atoms with van der Waals surface area (Å²) in [5, 5.41) is 0.469. The molecule has 0 unspecified atom stereocenters. The number of nitrogens with zero attached hydrogens (tertiary/aromatic N) is 2. The minimum atomic E-state index is -0.370. The van der Waals surface area contributed by atoms with Gasteiger partial charge in [0.1, 0.15) is 5.82 Å². The summed E-state index contributed by atoms with van der Waals surface area (Å²) in [5.41, 5.74) is 1.12. The van der Waals surface area contributed by atoms with E-state index in [2.05, 4.69) is 9.97 Å². The van der Waals surface area contributed by atoms with Gasteiger partial charge in [-0.15, -0.1) is 0 Å². The van der Waals surface area contributed by atoms with E-state index < -0.39 is 0 Å². The van der Waals surface area contributed by atoms with Crippen LogP contribution in [0.1, 0.15) is 5.69 Å². The van der Waals surface area contributed by atoms with Crippen LogP contribution in [0.2, 0.25) is 5.02 Å². The molecule has 0 saturated heterocycles. The van der Waals surface area contributed by atoms with E-state index in [1.807, 2.05) is 6.92 Å². The fourth-order valence-corrected chi connectivity index (χ4v) is 1.42. The highest BCUT2D eigenvalue weighted by Gasteiger charge is 2.08. The molecule has 15 heavy (non-hydrogen) atoms. The SMILES string of the molecule is Cc1ccnc(-c2cc(Cl)ccc2F)n1. The van der Waals surface area contributed by atoms with Crippen LogP contribution < -0.4 is 0 Å². The largest absolute Gasteiger partial charge is 0.236 e. The summed E-state index contributed by atoms with van der Waals surface area (Å²) in [6.07, 6.45) is 1.60. The van der Waals surface area contributed by atoms with Crippen molar-refractivity contribution in [2.24, 2.45) is 0 Å².